The van der Waals surface area contributed by atoms with Crippen LogP contribution in [0, 0.1) is 6.92 Å². The van der Waals surface area contributed by atoms with Gasteiger partial charge in [0.2, 0.25) is 5.91 Å². The molecule has 136 valence electrons. The summed E-state index contributed by atoms with van der Waals surface area (Å²) in [6.07, 6.45) is 2.87. The van der Waals surface area contributed by atoms with Gasteiger partial charge in [0, 0.05) is 31.8 Å². The number of aryl methyl sites for hydroxylation is 3. The fraction of sp³-hybridized carbons (Fsp3) is 0.333. The zero-order chi connectivity index (χ0) is 18.7. The second-order valence-corrected chi connectivity index (χ2v) is 6.23. The average molecular weight is 355 g/mol. The van der Waals surface area contributed by atoms with Crippen LogP contribution in [0.4, 0.5) is 0 Å². The fourth-order valence-electron chi connectivity index (χ4n) is 2.84. The first-order valence-electron chi connectivity index (χ1n) is 8.43. The molecule has 3 rings (SSSR count). The molecule has 0 radical (unpaired) electrons. The first-order chi connectivity index (χ1) is 12.5. The van der Waals surface area contributed by atoms with Crippen LogP contribution in [0.1, 0.15) is 17.8 Å². The van der Waals surface area contributed by atoms with Crippen molar-refractivity contribution < 1.29 is 4.79 Å². The summed E-state index contributed by atoms with van der Waals surface area (Å²) in [7, 11) is 1.98. The normalized spacial score (nSPS) is 11.0. The number of imidazole rings is 1. The number of fused-ring (bicyclic) bond motifs is 1. The molecular formula is C18H21N5O3. The molecule has 0 saturated heterocycles. The van der Waals surface area contributed by atoms with Gasteiger partial charge in [0.15, 0.2) is 0 Å². The highest BCUT2D eigenvalue weighted by atomic mass is 16.2. The third-order valence-corrected chi connectivity index (χ3v) is 4.28. The van der Waals surface area contributed by atoms with Crippen molar-refractivity contribution in [1.82, 2.24) is 24.4 Å². The van der Waals surface area contributed by atoms with Crippen molar-refractivity contribution in [1.29, 1.82) is 0 Å². The molecule has 0 fully saturated rings. The van der Waals surface area contributed by atoms with E-state index >= 15 is 0 Å². The molecule has 0 saturated carbocycles. The summed E-state index contributed by atoms with van der Waals surface area (Å²) in [5.41, 5.74) is 1.41. The fourth-order valence-corrected chi connectivity index (χ4v) is 2.84. The van der Waals surface area contributed by atoms with Crippen LogP contribution in [0.3, 0.4) is 0 Å². The Hall–Kier alpha value is -3.16. The van der Waals surface area contributed by atoms with Gasteiger partial charge in [-0.3, -0.25) is 19.1 Å². The highest BCUT2D eigenvalue weighted by Crippen LogP contribution is 2.14. The topological polar surface area (TPSA) is 102 Å². The Kier molecular flexibility index (Phi) is 5.01. The van der Waals surface area contributed by atoms with Crippen molar-refractivity contribution >= 4 is 16.9 Å². The second-order valence-electron chi connectivity index (χ2n) is 6.23. The summed E-state index contributed by atoms with van der Waals surface area (Å²) < 4.78 is 3.25. The number of aromatic amines is 1. The Morgan fingerprint density at radius 1 is 1.27 bits per heavy atom. The van der Waals surface area contributed by atoms with Gasteiger partial charge in [0.1, 0.15) is 12.4 Å². The average Bonchev–Trinajstić information content (AvgIpc) is 2.93. The van der Waals surface area contributed by atoms with Gasteiger partial charge < -0.3 is 9.88 Å². The maximum absolute atomic E-state index is 12.0. The molecule has 0 bridgehead atoms. The summed E-state index contributed by atoms with van der Waals surface area (Å²) >= 11 is 0. The maximum Gasteiger partial charge on any atom is 0.328 e. The van der Waals surface area contributed by atoms with Gasteiger partial charge in [-0.1, -0.05) is 12.1 Å². The van der Waals surface area contributed by atoms with E-state index in [9.17, 15) is 14.4 Å². The Bertz CT molecular complexity index is 1060. The maximum atomic E-state index is 12.0. The molecule has 1 amide bonds. The molecule has 0 spiro atoms. The van der Waals surface area contributed by atoms with E-state index < -0.39 is 11.2 Å². The molecule has 0 aliphatic carbocycles. The molecule has 2 N–H and O–H groups in total. The number of rotatable bonds is 6. The number of carbonyl (C=O) groups excluding carboxylic acids is 1. The van der Waals surface area contributed by atoms with Crippen LogP contribution in [0.25, 0.3) is 11.0 Å². The number of hydrogen-bond acceptors (Lipinski definition) is 4. The van der Waals surface area contributed by atoms with Crippen LogP contribution in [-0.4, -0.2) is 31.6 Å². The molecule has 3 aromatic rings. The molecule has 0 aliphatic rings. The minimum absolute atomic E-state index is 0.122. The number of hydrogen-bond donors (Lipinski definition) is 2. The van der Waals surface area contributed by atoms with Gasteiger partial charge in [-0.15, -0.1) is 0 Å². The first-order valence-corrected chi connectivity index (χ1v) is 8.43. The van der Waals surface area contributed by atoms with Crippen molar-refractivity contribution in [3.63, 3.8) is 0 Å². The number of aromatic nitrogens is 4. The molecule has 8 heteroatoms. The molecule has 2 heterocycles. The van der Waals surface area contributed by atoms with E-state index in [4.69, 9.17) is 0 Å². The van der Waals surface area contributed by atoms with E-state index in [2.05, 4.69) is 19.9 Å². The van der Waals surface area contributed by atoms with Crippen LogP contribution in [0.15, 0.2) is 40.1 Å². The Balaban J connectivity index is 1.52. The van der Waals surface area contributed by atoms with E-state index in [1.807, 2.05) is 31.3 Å². The van der Waals surface area contributed by atoms with E-state index in [1.54, 1.807) is 6.92 Å². The number of nitrogens with zero attached hydrogens (tertiary/aromatic N) is 3. The van der Waals surface area contributed by atoms with Crippen molar-refractivity contribution in [3.8, 4) is 0 Å². The van der Waals surface area contributed by atoms with E-state index in [-0.39, 0.29) is 12.5 Å². The Morgan fingerprint density at radius 2 is 2.04 bits per heavy atom. The lowest BCUT2D eigenvalue weighted by atomic mass is 10.3. The summed E-state index contributed by atoms with van der Waals surface area (Å²) in [5, 5.41) is 2.79. The van der Waals surface area contributed by atoms with Crippen molar-refractivity contribution in [3.05, 3.63) is 62.7 Å². The van der Waals surface area contributed by atoms with E-state index in [1.165, 1.54) is 10.8 Å². The van der Waals surface area contributed by atoms with Gasteiger partial charge in [0.05, 0.1) is 11.0 Å². The highest BCUT2D eigenvalue weighted by Gasteiger charge is 2.08. The molecule has 8 nitrogen and oxygen atoms in total. The highest BCUT2D eigenvalue weighted by molar-refractivity contribution is 5.76. The largest absolute Gasteiger partial charge is 0.355 e. The summed E-state index contributed by atoms with van der Waals surface area (Å²) in [6, 6.07) is 7.94. The van der Waals surface area contributed by atoms with Crippen molar-refractivity contribution in [2.45, 2.75) is 26.3 Å². The monoisotopic (exact) mass is 355 g/mol. The molecule has 26 heavy (non-hydrogen) atoms. The zero-order valence-corrected chi connectivity index (χ0v) is 14.8. The van der Waals surface area contributed by atoms with Crippen molar-refractivity contribution in [2.75, 3.05) is 6.54 Å². The molecule has 0 aliphatic heterocycles. The SMILES string of the molecule is Cc1cn(CC(=O)NCCCc2nc3ccccc3n2C)c(=O)[nH]c1=O. The molecule has 1 aromatic carbocycles. The number of para-hydroxylation sites is 2. The van der Waals surface area contributed by atoms with Gasteiger partial charge in [0.25, 0.3) is 5.56 Å². The van der Waals surface area contributed by atoms with Crippen LogP contribution < -0.4 is 16.6 Å². The number of benzene rings is 1. The molecule has 0 unspecified atom stereocenters. The number of carbonyl (C=O) groups is 1. The van der Waals surface area contributed by atoms with Crippen LogP contribution in [0.5, 0.6) is 0 Å². The number of nitrogens with one attached hydrogen (secondary N) is 2. The zero-order valence-electron chi connectivity index (χ0n) is 14.8. The summed E-state index contributed by atoms with van der Waals surface area (Å²) in [4.78, 5) is 41.8. The Labute approximate surface area is 149 Å². The van der Waals surface area contributed by atoms with Gasteiger partial charge in [-0.25, -0.2) is 9.78 Å². The quantitative estimate of drug-likeness (QED) is 0.628. The standard InChI is InChI=1S/C18H21N5O3/c1-12-10-23(18(26)21-17(12)25)11-16(24)19-9-5-8-15-20-13-6-3-4-7-14(13)22(15)2/h3-4,6-7,10H,5,8-9,11H2,1-2H3,(H,19,24)(H,21,25,26). The van der Waals surface area contributed by atoms with E-state index in [0.29, 0.717) is 12.1 Å². The molecule has 2 aromatic heterocycles. The van der Waals surface area contributed by atoms with Gasteiger partial charge >= 0.3 is 5.69 Å². The summed E-state index contributed by atoms with van der Waals surface area (Å²) in [5.74, 6) is 0.691. The van der Waals surface area contributed by atoms with Gasteiger partial charge in [-0.05, 0) is 25.5 Å². The first kappa shape index (κ1) is 17.7. The predicted molar refractivity (Wildman–Crippen MR) is 98.1 cm³/mol. The van der Waals surface area contributed by atoms with Gasteiger partial charge in [-0.2, -0.15) is 0 Å². The smallest absolute Gasteiger partial charge is 0.328 e. The van der Waals surface area contributed by atoms with E-state index in [0.717, 1.165) is 29.7 Å². The summed E-state index contributed by atoms with van der Waals surface area (Å²) in [6.45, 7) is 1.95. The minimum Gasteiger partial charge on any atom is -0.355 e. The Morgan fingerprint density at radius 3 is 2.81 bits per heavy atom. The van der Waals surface area contributed by atoms with Crippen LogP contribution in [-0.2, 0) is 24.8 Å². The van der Waals surface area contributed by atoms with Crippen LogP contribution >= 0.6 is 0 Å². The molecular weight excluding hydrogens is 334 g/mol. The lowest BCUT2D eigenvalue weighted by molar-refractivity contribution is -0.121. The number of amides is 1. The third-order valence-electron chi connectivity index (χ3n) is 4.28. The second kappa shape index (κ2) is 7.38. The third kappa shape index (κ3) is 3.74. The minimum atomic E-state index is -0.588. The van der Waals surface area contributed by atoms with Crippen molar-refractivity contribution in [2.24, 2.45) is 7.05 Å². The number of H-pyrrole nitrogens is 1. The molecule has 0 atom stereocenters. The van der Waals surface area contributed by atoms with Crippen LogP contribution in [0.2, 0.25) is 0 Å². The lowest BCUT2D eigenvalue weighted by Gasteiger charge is -2.08. The predicted octanol–water partition coefficient (Wildman–Crippen LogP) is 0.481. The lowest BCUT2D eigenvalue weighted by Crippen LogP contribution is -2.36.